The number of unbranched alkanes of at least 4 members (excludes halogenated alkanes) is 6. The fourth-order valence-corrected chi connectivity index (χ4v) is 12.1. The molecule has 0 radical (unpaired) electrons. The number of pyridine rings is 4. The number of halogens is 2. The average Bonchev–Trinajstić information content (AvgIpc) is 1.63. The summed E-state index contributed by atoms with van der Waals surface area (Å²) in [5.41, 5.74) is 33.3. The SMILES string of the molecule is CCn1c(-c2nonc2N)nc2c(C#CC(C)(C)O)ncc(OCCCCCC(=O)O)c21.CCn1c(-c2nonc2N)nc2c(C#CC(C)(C)O)ncc(OCCCCCC(=O)OC)c21.CCn1c(-c2nonc2N)nc2c(Cl)ncc(OCCCCCC(=O)OC)c21.CCn1c(-c2nonc2N)nc2c(Cl)ncc(OCCCN)c21.COC(=O)CCC=O. The van der Waals surface area contributed by atoms with Crippen molar-refractivity contribution in [2.24, 2.45) is 5.73 Å². The normalized spacial score (nSPS) is 11.1. The van der Waals surface area contributed by atoms with Gasteiger partial charge in [-0.05, 0) is 179 Å². The molecular formula is C78H99Cl2N25O19. The van der Waals surface area contributed by atoms with Crippen molar-refractivity contribution >= 4 is 121 Å². The molecule has 44 nitrogen and oxygen atoms in total. The molecule has 0 unspecified atom stereocenters. The molecular weight excluding hydrogens is 1660 g/mol. The number of aliphatic carboxylic acids is 1. The summed E-state index contributed by atoms with van der Waals surface area (Å²) in [7, 11) is 4.07. The van der Waals surface area contributed by atoms with Gasteiger partial charge >= 0.3 is 23.9 Å². The van der Waals surface area contributed by atoms with E-state index in [-0.39, 0.29) is 70.7 Å². The first-order chi connectivity index (χ1) is 59.5. The third kappa shape index (κ3) is 25.8. The highest BCUT2D eigenvalue weighted by atomic mass is 35.5. The molecule has 0 atom stereocenters. The lowest BCUT2D eigenvalue weighted by Gasteiger charge is -2.11. The predicted molar refractivity (Wildman–Crippen MR) is 450 cm³/mol. The van der Waals surface area contributed by atoms with E-state index in [4.69, 9.17) is 89.8 Å². The molecule has 0 amide bonds. The summed E-state index contributed by atoms with van der Waals surface area (Å²) >= 11 is 12.4. The van der Waals surface area contributed by atoms with Crippen molar-refractivity contribution in [3.63, 3.8) is 0 Å². The van der Waals surface area contributed by atoms with Crippen LogP contribution in [0.15, 0.2) is 43.3 Å². The van der Waals surface area contributed by atoms with Crippen molar-refractivity contribution in [1.82, 2.24) is 99.4 Å². The van der Waals surface area contributed by atoms with Gasteiger partial charge in [0.15, 0.2) is 103 Å². The van der Waals surface area contributed by atoms with E-state index in [2.05, 4.69) is 124 Å². The zero-order valence-corrected chi connectivity index (χ0v) is 71.8. The van der Waals surface area contributed by atoms with Crippen LogP contribution < -0.4 is 47.6 Å². The highest BCUT2D eigenvalue weighted by molar-refractivity contribution is 6.34. The van der Waals surface area contributed by atoms with Crippen LogP contribution in [0.4, 0.5) is 23.3 Å². The van der Waals surface area contributed by atoms with Gasteiger partial charge in [-0.3, -0.25) is 19.2 Å². The Morgan fingerprint density at radius 1 is 0.435 bits per heavy atom. The number of nitrogen functional groups attached to an aromatic ring is 4. The van der Waals surface area contributed by atoms with Gasteiger partial charge in [0.2, 0.25) is 0 Å². The minimum atomic E-state index is -1.20. The van der Waals surface area contributed by atoms with Gasteiger partial charge in [-0.1, -0.05) is 35.0 Å². The fraction of sp³-hybridized carbons (Fsp3) is 0.474. The molecule has 0 aliphatic carbocycles. The lowest BCUT2D eigenvalue weighted by atomic mass is 10.1. The quantitative estimate of drug-likeness (QED) is 0.00453. The zero-order chi connectivity index (χ0) is 90.2. The molecule has 0 spiro atoms. The number of aliphatic hydroxyl groups is 2. The van der Waals surface area contributed by atoms with Crippen LogP contribution in [0.3, 0.4) is 0 Å². The molecule has 0 aliphatic heterocycles. The Morgan fingerprint density at radius 3 is 1.00 bits per heavy atom. The Labute approximate surface area is 719 Å². The highest BCUT2D eigenvalue weighted by Gasteiger charge is 2.29. The van der Waals surface area contributed by atoms with Crippen LogP contribution in [-0.4, -0.2) is 210 Å². The fourth-order valence-electron chi connectivity index (χ4n) is 11.7. The van der Waals surface area contributed by atoms with Gasteiger partial charge in [0.1, 0.15) is 73.0 Å². The molecule has 664 valence electrons. The van der Waals surface area contributed by atoms with Crippen molar-refractivity contribution in [1.29, 1.82) is 0 Å². The van der Waals surface area contributed by atoms with Gasteiger partial charge in [0.25, 0.3) is 0 Å². The number of methoxy groups -OCH3 is 3. The summed E-state index contributed by atoms with van der Waals surface area (Å²) in [4.78, 5) is 88.2. The second kappa shape index (κ2) is 46.5. The molecule has 13 N–H and O–H groups in total. The van der Waals surface area contributed by atoms with Crippen LogP contribution in [0.1, 0.15) is 163 Å². The van der Waals surface area contributed by atoms with Crippen LogP contribution in [0, 0.1) is 23.7 Å². The molecule has 12 aromatic heterocycles. The Kier molecular flexibility index (Phi) is 36.1. The number of carboxylic acids is 1. The number of fused-ring (bicyclic) bond motifs is 4. The van der Waals surface area contributed by atoms with Crippen LogP contribution in [0.5, 0.6) is 23.0 Å². The maximum absolute atomic E-state index is 11.2. The second-order valence-electron chi connectivity index (χ2n) is 27.7. The van der Waals surface area contributed by atoms with Gasteiger partial charge in [0.05, 0.1) is 79.0 Å². The van der Waals surface area contributed by atoms with E-state index in [0.717, 1.165) is 56.9 Å². The number of aromatic nitrogens is 20. The lowest BCUT2D eigenvalue weighted by Crippen LogP contribution is -2.14. The number of ether oxygens (including phenoxy) is 7. The van der Waals surface area contributed by atoms with E-state index >= 15 is 0 Å². The zero-order valence-electron chi connectivity index (χ0n) is 70.3. The molecule has 46 heteroatoms. The number of carboxylic acid groups (broad SMARTS) is 1. The van der Waals surface area contributed by atoms with Crippen LogP contribution in [0.25, 0.3) is 90.2 Å². The number of aryl methyl sites for hydroxylation is 4. The molecule has 0 saturated carbocycles. The summed E-state index contributed by atoms with van der Waals surface area (Å²) in [5, 5.41) is 59.1. The number of esters is 3. The molecule has 124 heavy (non-hydrogen) atoms. The first-order valence-corrected chi connectivity index (χ1v) is 40.1. The summed E-state index contributed by atoms with van der Waals surface area (Å²) in [6.07, 6.45) is 15.8. The van der Waals surface area contributed by atoms with Gasteiger partial charge in [-0.25, -0.2) is 58.4 Å². The van der Waals surface area contributed by atoms with E-state index in [1.165, 1.54) is 21.3 Å². The van der Waals surface area contributed by atoms with E-state index in [0.29, 0.717) is 210 Å². The van der Waals surface area contributed by atoms with Crippen LogP contribution >= 0.6 is 23.2 Å². The number of imidazole rings is 4. The predicted octanol–water partition coefficient (Wildman–Crippen LogP) is 9.00. The van der Waals surface area contributed by atoms with Crippen LogP contribution in [-0.2, 0) is 64.4 Å². The van der Waals surface area contributed by atoms with Gasteiger partial charge < -0.3 is 100 Å². The third-order valence-corrected chi connectivity index (χ3v) is 18.2. The maximum atomic E-state index is 11.2. The molecule has 12 aromatic rings. The summed E-state index contributed by atoms with van der Waals surface area (Å²) < 4.78 is 63.6. The molecule has 0 bridgehead atoms. The molecule has 0 aliphatic rings. The third-order valence-electron chi connectivity index (χ3n) is 17.6. The topological polar surface area (TPSA) is 619 Å². The summed E-state index contributed by atoms with van der Waals surface area (Å²) in [6.45, 7) is 18.7. The van der Waals surface area contributed by atoms with E-state index in [9.17, 15) is 34.2 Å². The minimum Gasteiger partial charge on any atom is -0.490 e. The summed E-state index contributed by atoms with van der Waals surface area (Å²) in [6, 6.07) is 0. The Hall–Kier alpha value is -13.4. The Balaban J connectivity index is 0.000000200. The molecule has 0 fully saturated rings. The van der Waals surface area contributed by atoms with E-state index < -0.39 is 17.2 Å². The summed E-state index contributed by atoms with van der Waals surface area (Å²) in [5.74, 6) is 14.3. The first-order valence-electron chi connectivity index (χ1n) is 39.3. The van der Waals surface area contributed by atoms with Gasteiger partial charge in [-0.15, -0.1) is 0 Å². The molecule has 0 saturated heterocycles. The second-order valence-corrected chi connectivity index (χ2v) is 28.4. The van der Waals surface area contributed by atoms with E-state index in [1.54, 1.807) is 52.5 Å². The maximum Gasteiger partial charge on any atom is 0.305 e. The van der Waals surface area contributed by atoms with Gasteiger partial charge in [0, 0.05) is 51.9 Å². The van der Waals surface area contributed by atoms with Crippen LogP contribution in [0.2, 0.25) is 10.3 Å². The largest absolute Gasteiger partial charge is 0.490 e. The van der Waals surface area contributed by atoms with Crippen molar-refractivity contribution < 1.29 is 91.0 Å². The monoisotopic (exact) mass is 1760 g/mol. The number of hydrogen-bond acceptors (Lipinski definition) is 39. The number of carbonyl (C=O) groups is 5. The number of anilines is 4. The van der Waals surface area contributed by atoms with Crippen molar-refractivity contribution in [3.05, 3.63) is 46.5 Å². The molecule has 12 heterocycles. The highest BCUT2D eigenvalue weighted by Crippen LogP contribution is 2.39. The van der Waals surface area contributed by atoms with E-state index in [1.807, 2.05) is 46.0 Å². The number of carbonyl (C=O) groups excluding carboxylic acids is 4. The smallest absolute Gasteiger partial charge is 0.305 e. The van der Waals surface area contributed by atoms with Crippen molar-refractivity contribution in [2.45, 2.75) is 189 Å². The van der Waals surface area contributed by atoms with Gasteiger partial charge in [-0.2, -0.15) is 0 Å². The van der Waals surface area contributed by atoms with Crippen molar-refractivity contribution in [3.8, 4) is 92.8 Å². The Morgan fingerprint density at radius 2 is 0.726 bits per heavy atom. The number of nitrogens with two attached hydrogens (primary N) is 5. The number of rotatable bonds is 36. The average molecular weight is 1760 g/mol. The molecule has 0 aromatic carbocycles. The van der Waals surface area contributed by atoms with Crippen molar-refractivity contribution in [2.75, 3.05) is 77.2 Å². The Bertz CT molecular complexity index is 5720. The minimum absolute atomic E-state index is 0.105. The standard InChI is InChI=1S/C22H28N6O5.C21H26N6O5.C17H21ClN6O4.C13H16ClN7O2.C5H8O3/c1-5-28-19-15(32-12-8-6-7-9-16(29)31-4)13-24-14(10-11-22(2,3)30)17(19)25-21(28)18-20(23)27-33-26-18;1-4-27-18-14(31-11-7-5-6-8-15(28)29)12-23-13(9-10-21(2,3)30)16(18)24-20(27)17-19(22)26-32-25-17;1-3-24-14-10(27-8-6-4-5-7-11(25)26-2)9-20-15(18)12(14)21-17(24)13-16(19)23-28-22-13;1-2-21-10-7(22-5-3-4-15)6-17-11(14)8(10)18-13(21)9-12(16)20-23-19-9;1-8-5(7)3-2-4-6/h13,30H,5-9,12H2,1-4H3,(H2,23,27);12,30H,4-8,11H2,1-3H3,(H2,22,26)(H,28,29);9H,3-8H2,1-2H3,(H2,19,23);6H,2-5,15H2,1H3,(H2,16,20);4H,2-3H2,1H3. The number of hydrogen-bond donors (Lipinski definition) is 8. The lowest BCUT2D eigenvalue weighted by molar-refractivity contribution is -0.141. The number of aldehydes is 1. The molecule has 12 rings (SSSR count). The first kappa shape index (κ1) is 96.0. The number of nitrogens with zero attached hydrogens (tertiary/aromatic N) is 20.